The van der Waals surface area contributed by atoms with Crippen molar-refractivity contribution in [3.63, 3.8) is 0 Å². The zero-order valence-corrected chi connectivity index (χ0v) is 13.9. The molecule has 6 heteroatoms. The van der Waals surface area contributed by atoms with Crippen LogP contribution in [-0.2, 0) is 0 Å². The number of hydrogen-bond donors (Lipinski definition) is 3. The van der Waals surface area contributed by atoms with Crippen molar-refractivity contribution >= 4 is 15.9 Å². The second kappa shape index (κ2) is 6.30. The third-order valence-corrected chi connectivity index (χ3v) is 4.23. The molecule has 0 atom stereocenters. The molecule has 1 aromatic heterocycles. The SMILES string of the molecule is N#Cc1c(-c2ccc(O)c(Br)c2)cc(-c2ccc(F)cc2)[nH]c1=N. The Bertz CT molecular complexity index is 1020. The topological polar surface area (TPSA) is 83.7 Å². The van der Waals surface area contributed by atoms with Crippen molar-refractivity contribution in [2.45, 2.75) is 0 Å². The van der Waals surface area contributed by atoms with Gasteiger partial charge in [0, 0.05) is 11.3 Å². The molecule has 0 saturated heterocycles. The van der Waals surface area contributed by atoms with Crippen molar-refractivity contribution in [3.8, 4) is 34.2 Å². The Morgan fingerprint density at radius 2 is 1.75 bits per heavy atom. The molecule has 0 spiro atoms. The summed E-state index contributed by atoms with van der Waals surface area (Å²) in [6.45, 7) is 0. The van der Waals surface area contributed by atoms with Crippen LogP contribution in [0.15, 0.2) is 53.0 Å². The van der Waals surface area contributed by atoms with Gasteiger partial charge in [0.05, 0.1) is 4.47 Å². The Morgan fingerprint density at radius 1 is 1.08 bits per heavy atom. The van der Waals surface area contributed by atoms with Gasteiger partial charge >= 0.3 is 0 Å². The van der Waals surface area contributed by atoms with E-state index in [-0.39, 0.29) is 22.6 Å². The highest BCUT2D eigenvalue weighted by Crippen LogP contribution is 2.32. The first-order valence-corrected chi connectivity index (χ1v) is 7.75. The van der Waals surface area contributed by atoms with E-state index in [4.69, 9.17) is 5.41 Å². The fourth-order valence-electron chi connectivity index (χ4n) is 2.39. The molecule has 0 aliphatic rings. The molecular weight excluding hydrogens is 373 g/mol. The van der Waals surface area contributed by atoms with E-state index in [1.807, 2.05) is 6.07 Å². The fourth-order valence-corrected chi connectivity index (χ4v) is 2.77. The first-order valence-electron chi connectivity index (χ1n) is 6.96. The van der Waals surface area contributed by atoms with E-state index >= 15 is 0 Å². The molecule has 1 heterocycles. The van der Waals surface area contributed by atoms with Gasteiger partial charge in [-0.15, -0.1) is 0 Å². The molecule has 2 aromatic carbocycles. The molecule has 24 heavy (non-hydrogen) atoms. The van der Waals surface area contributed by atoms with Crippen LogP contribution in [0.5, 0.6) is 5.75 Å². The Labute approximate surface area is 145 Å². The van der Waals surface area contributed by atoms with Crippen molar-refractivity contribution < 1.29 is 9.50 Å². The standard InChI is InChI=1S/C18H11BrFN3O/c19-15-7-11(3-6-17(15)24)13-8-16(23-18(22)14(13)9-21)10-1-4-12(20)5-2-10/h1-8,24H,(H2,22,23). The molecule has 118 valence electrons. The Hall–Kier alpha value is -2.91. The number of benzene rings is 2. The van der Waals surface area contributed by atoms with Gasteiger partial charge in [0.15, 0.2) is 0 Å². The van der Waals surface area contributed by atoms with E-state index in [0.29, 0.717) is 26.9 Å². The lowest BCUT2D eigenvalue weighted by Gasteiger charge is -2.10. The van der Waals surface area contributed by atoms with Gasteiger partial charge in [-0.05, 0) is 69.5 Å². The number of nitrogens with zero attached hydrogens (tertiary/aromatic N) is 1. The smallest absolute Gasteiger partial charge is 0.141 e. The van der Waals surface area contributed by atoms with E-state index < -0.39 is 0 Å². The number of hydrogen-bond acceptors (Lipinski definition) is 3. The maximum absolute atomic E-state index is 13.1. The number of phenols is 1. The van der Waals surface area contributed by atoms with Crippen LogP contribution >= 0.6 is 15.9 Å². The van der Waals surface area contributed by atoms with Crippen LogP contribution in [-0.4, -0.2) is 10.1 Å². The quantitative estimate of drug-likeness (QED) is 0.615. The third kappa shape index (κ3) is 2.94. The molecule has 4 nitrogen and oxygen atoms in total. The summed E-state index contributed by atoms with van der Waals surface area (Å²) in [5.74, 6) is -0.259. The summed E-state index contributed by atoms with van der Waals surface area (Å²) in [6, 6.07) is 14.5. The number of aromatic nitrogens is 1. The first-order chi connectivity index (χ1) is 11.5. The molecule has 0 aliphatic carbocycles. The molecule has 0 aliphatic heterocycles. The van der Waals surface area contributed by atoms with Gasteiger partial charge < -0.3 is 10.1 Å². The summed E-state index contributed by atoms with van der Waals surface area (Å²) in [7, 11) is 0. The number of aromatic amines is 1. The predicted octanol–water partition coefficient (Wildman–Crippen LogP) is 4.31. The van der Waals surface area contributed by atoms with E-state index in [9.17, 15) is 14.8 Å². The summed E-state index contributed by atoms with van der Waals surface area (Å²) in [4.78, 5) is 2.86. The molecule has 0 radical (unpaired) electrons. The number of halogens is 2. The normalized spacial score (nSPS) is 10.4. The molecule has 0 amide bonds. The molecule has 3 rings (SSSR count). The zero-order chi connectivity index (χ0) is 17.3. The largest absolute Gasteiger partial charge is 0.507 e. The summed E-state index contributed by atoms with van der Waals surface area (Å²) in [5, 5.41) is 27.1. The lowest BCUT2D eigenvalue weighted by Crippen LogP contribution is -2.13. The van der Waals surface area contributed by atoms with Gasteiger partial charge in [-0.2, -0.15) is 5.26 Å². The van der Waals surface area contributed by atoms with Crippen molar-refractivity contribution in [2.24, 2.45) is 0 Å². The van der Waals surface area contributed by atoms with Crippen molar-refractivity contribution in [2.75, 3.05) is 0 Å². The maximum atomic E-state index is 13.1. The van der Waals surface area contributed by atoms with Crippen molar-refractivity contribution in [1.29, 1.82) is 10.7 Å². The molecule has 0 bridgehead atoms. The molecule has 3 aromatic rings. The van der Waals surface area contributed by atoms with Crippen LogP contribution < -0.4 is 5.49 Å². The predicted molar refractivity (Wildman–Crippen MR) is 91.6 cm³/mol. The maximum Gasteiger partial charge on any atom is 0.141 e. The van der Waals surface area contributed by atoms with Crippen LogP contribution in [0, 0.1) is 22.6 Å². The first kappa shape index (κ1) is 16.0. The molecule has 0 unspecified atom stereocenters. The minimum atomic E-state index is -0.346. The second-order valence-electron chi connectivity index (χ2n) is 5.13. The average molecular weight is 384 g/mol. The highest BCUT2D eigenvalue weighted by atomic mass is 79.9. The summed E-state index contributed by atoms with van der Waals surface area (Å²) < 4.78 is 13.6. The van der Waals surface area contributed by atoms with Crippen LogP contribution in [0.1, 0.15) is 5.56 Å². The minimum Gasteiger partial charge on any atom is -0.507 e. The van der Waals surface area contributed by atoms with E-state index in [0.717, 1.165) is 0 Å². The molecule has 0 fully saturated rings. The Morgan fingerprint density at radius 3 is 2.38 bits per heavy atom. The van der Waals surface area contributed by atoms with Crippen LogP contribution in [0.25, 0.3) is 22.4 Å². The lowest BCUT2D eigenvalue weighted by atomic mass is 9.99. The monoisotopic (exact) mass is 383 g/mol. The van der Waals surface area contributed by atoms with Crippen LogP contribution in [0.3, 0.4) is 0 Å². The van der Waals surface area contributed by atoms with Gasteiger partial charge in [-0.3, -0.25) is 5.41 Å². The van der Waals surface area contributed by atoms with Gasteiger partial charge in [0.1, 0.15) is 28.7 Å². The van der Waals surface area contributed by atoms with Crippen molar-refractivity contribution in [1.82, 2.24) is 4.98 Å². The summed E-state index contributed by atoms with van der Waals surface area (Å²) >= 11 is 3.25. The number of nitrogens with one attached hydrogen (secondary N) is 2. The average Bonchev–Trinajstić information content (AvgIpc) is 2.57. The van der Waals surface area contributed by atoms with Crippen LogP contribution in [0.2, 0.25) is 0 Å². The Kier molecular flexibility index (Phi) is 4.19. The number of aromatic hydroxyl groups is 1. The third-order valence-electron chi connectivity index (χ3n) is 3.59. The van der Waals surface area contributed by atoms with Crippen LogP contribution in [0.4, 0.5) is 4.39 Å². The van der Waals surface area contributed by atoms with E-state index in [1.54, 1.807) is 30.3 Å². The number of nitriles is 1. The highest BCUT2D eigenvalue weighted by molar-refractivity contribution is 9.10. The van der Waals surface area contributed by atoms with E-state index in [2.05, 4.69) is 20.9 Å². The fraction of sp³-hybridized carbons (Fsp3) is 0. The lowest BCUT2D eigenvalue weighted by molar-refractivity contribution is 0.472. The number of phenolic OH excluding ortho intramolecular Hbond substituents is 1. The summed E-state index contributed by atoms with van der Waals surface area (Å²) in [5.41, 5.74) is 2.70. The second-order valence-corrected chi connectivity index (χ2v) is 5.99. The summed E-state index contributed by atoms with van der Waals surface area (Å²) in [6.07, 6.45) is 0. The van der Waals surface area contributed by atoms with Gasteiger partial charge in [0.25, 0.3) is 0 Å². The Balaban J connectivity index is 2.24. The number of rotatable bonds is 2. The zero-order valence-electron chi connectivity index (χ0n) is 12.3. The minimum absolute atomic E-state index is 0.0291. The molecule has 0 saturated carbocycles. The molecule has 3 N–H and O–H groups in total. The highest BCUT2D eigenvalue weighted by Gasteiger charge is 2.12. The van der Waals surface area contributed by atoms with Crippen molar-refractivity contribution in [3.05, 3.63) is 69.9 Å². The number of H-pyrrole nitrogens is 1. The van der Waals surface area contributed by atoms with Gasteiger partial charge in [-0.1, -0.05) is 6.07 Å². The van der Waals surface area contributed by atoms with Gasteiger partial charge in [-0.25, -0.2) is 4.39 Å². The molecular formula is C18H11BrFN3O. The van der Waals surface area contributed by atoms with Gasteiger partial charge in [0.2, 0.25) is 0 Å². The van der Waals surface area contributed by atoms with E-state index in [1.165, 1.54) is 18.2 Å². The number of pyridine rings is 1.